The van der Waals surface area contributed by atoms with Gasteiger partial charge in [0.05, 0.1) is 17.0 Å². The minimum Gasteiger partial charge on any atom is -0.457 e. The topological polar surface area (TPSA) is 90.0 Å². The molecule has 0 atom stereocenters. The van der Waals surface area contributed by atoms with Gasteiger partial charge in [-0.1, -0.05) is 0 Å². The predicted molar refractivity (Wildman–Crippen MR) is 88.3 cm³/mol. The van der Waals surface area contributed by atoms with Crippen molar-refractivity contribution in [3.8, 4) is 0 Å². The largest absolute Gasteiger partial charge is 0.457 e. The van der Waals surface area contributed by atoms with Crippen molar-refractivity contribution in [2.45, 2.75) is 32.8 Å². The molecule has 2 rings (SSSR count). The molecule has 0 radical (unpaired) electrons. The van der Waals surface area contributed by atoms with Crippen LogP contribution in [0.3, 0.4) is 0 Å². The van der Waals surface area contributed by atoms with Gasteiger partial charge in [0.2, 0.25) is 10.0 Å². The van der Waals surface area contributed by atoms with E-state index in [1.54, 1.807) is 32.9 Å². The third-order valence-electron chi connectivity index (χ3n) is 3.23. The Labute approximate surface area is 141 Å². The summed E-state index contributed by atoms with van der Waals surface area (Å²) in [6.07, 6.45) is 0.585. The number of anilines is 1. The molecular weight excluding hydrogens is 334 g/mol. The molecule has 0 amide bonds. The summed E-state index contributed by atoms with van der Waals surface area (Å²) in [7, 11) is -3.26. The summed E-state index contributed by atoms with van der Waals surface area (Å²) < 4.78 is 35.0. The quantitative estimate of drug-likeness (QED) is 0.764. The van der Waals surface area contributed by atoms with Gasteiger partial charge in [-0.15, -0.1) is 0 Å². The van der Waals surface area contributed by atoms with Gasteiger partial charge in [-0.3, -0.25) is 4.31 Å². The maximum absolute atomic E-state index is 11.9. The second kappa shape index (κ2) is 6.80. The molecule has 7 nitrogen and oxygen atoms in total. The number of rotatable bonds is 4. The number of carbonyl (C=O) groups is 2. The molecule has 0 unspecified atom stereocenters. The number of nitrogens with zero attached hydrogens (tertiary/aromatic N) is 1. The molecule has 1 fully saturated rings. The fraction of sp³-hybridized carbons (Fsp3) is 0.500. The normalized spacial score (nSPS) is 16.7. The lowest BCUT2D eigenvalue weighted by atomic mass is 10.2. The molecule has 0 N–H and O–H groups in total. The fourth-order valence-electron chi connectivity index (χ4n) is 2.27. The summed E-state index contributed by atoms with van der Waals surface area (Å²) >= 11 is 0. The highest BCUT2D eigenvalue weighted by molar-refractivity contribution is 7.93. The second-order valence-corrected chi connectivity index (χ2v) is 8.46. The molecular formula is C16H21NO6S. The molecule has 0 spiro atoms. The fourth-order valence-corrected chi connectivity index (χ4v) is 3.84. The van der Waals surface area contributed by atoms with Gasteiger partial charge in [-0.25, -0.2) is 18.0 Å². The molecule has 1 aromatic rings. The maximum Gasteiger partial charge on any atom is 0.344 e. The molecule has 0 saturated carbocycles. The van der Waals surface area contributed by atoms with Crippen molar-refractivity contribution in [1.82, 2.24) is 0 Å². The van der Waals surface area contributed by atoms with Crippen molar-refractivity contribution in [3.05, 3.63) is 29.8 Å². The molecule has 8 heteroatoms. The van der Waals surface area contributed by atoms with Crippen LogP contribution >= 0.6 is 0 Å². The molecule has 0 aromatic heterocycles. The molecule has 24 heavy (non-hydrogen) atoms. The predicted octanol–water partition coefficient (Wildman–Crippen LogP) is 1.72. The summed E-state index contributed by atoms with van der Waals surface area (Å²) in [4.78, 5) is 23.4. The van der Waals surface area contributed by atoms with Gasteiger partial charge in [0.15, 0.2) is 6.61 Å². The van der Waals surface area contributed by atoms with Crippen molar-refractivity contribution in [2.75, 3.05) is 23.2 Å². The Kier molecular flexibility index (Phi) is 5.17. The van der Waals surface area contributed by atoms with Crippen molar-refractivity contribution in [1.29, 1.82) is 0 Å². The highest BCUT2D eigenvalue weighted by Gasteiger charge is 2.28. The first kappa shape index (κ1) is 18.3. The van der Waals surface area contributed by atoms with Gasteiger partial charge >= 0.3 is 11.9 Å². The molecule has 0 bridgehead atoms. The van der Waals surface area contributed by atoms with Crippen LogP contribution in [-0.4, -0.2) is 44.9 Å². The van der Waals surface area contributed by atoms with E-state index >= 15 is 0 Å². The van der Waals surface area contributed by atoms with Crippen LogP contribution in [0.1, 0.15) is 37.6 Å². The van der Waals surface area contributed by atoms with Crippen molar-refractivity contribution in [2.24, 2.45) is 0 Å². The first-order valence-electron chi connectivity index (χ1n) is 7.58. The Morgan fingerprint density at radius 3 is 2.29 bits per heavy atom. The van der Waals surface area contributed by atoms with Crippen molar-refractivity contribution >= 4 is 27.6 Å². The van der Waals surface area contributed by atoms with Crippen molar-refractivity contribution < 1.29 is 27.5 Å². The lowest BCUT2D eigenvalue weighted by Gasteiger charge is -2.19. The molecule has 1 saturated heterocycles. The number of carbonyl (C=O) groups excluding carboxylic acids is 2. The SMILES string of the molecule is CC(C)(C)OC(=O)COC(=O)c1ccc(N2CCCS2(=O)=O)cc1. The number of ether oxygens (including phenoxy) is 2. The smallest absolute Gasteiger partial charge is 0.344 e. The van der Waals surface area contributed by atoms with Gasteiger partial charge in [0, 0.05) is 6.54 Å². The Hall–Kier alpha value is -2.09. The Balaban J connectivity index is 1.96. The highest BCUT2D eigenvalue weighted by atomic mass is 32.2. The molecule has 0 aliphatic carbocycles. The minimum absolute atomic E-state index is 0.132. The van der Waals surface area contributed by atoms with E-state index in [-0.39, 0.29) is 11.3 Å². The molecule has 1 aliphatic heterocycles. The Morgan fingerprint density at radius 1 is 1.17 bits per heavy atom. The van der Waals surface area contributed by atoms with E-state index in [1.807, 2.05) is 0 Å². The van der Waals surface area contributed by atoms with Crippen LogP contribution < -0.4 is 4.31 Å². The number of esters is 2. The lowest BCUT2D eigenvalue weighted by molar-refractivity contribution is -0.158. The summed E-state index contributed by atoms with van der Waals surface area (Å²) in [6, 6.07) is 6.04. The zero-order chi connectivity index (χ0) is 18.0. The summed E-state index contributed by atoms with van der Waals surface area (Å²) in [6.45, 7) is 5.12. The molecule has 1 aliphatic rings. The van der Waals surface area contributed by atoms with E-state index in [1.165, 1.54) is 16.4 Å². The van der Waals surface area contributed by atoms with Gasteiger partial charge in [0.1, 0.15) is 5.60 Å². The lowest BCUT2D eigenvalue weighted by Crippen LogP contribution is -2.27. The minimum atomic E-state index is -3.26. The standard InChI is InChI=1S/C16H21NO6S/c1-16(2,3)23-14(18)11-22-15(19)12-5-7-13(8-6-12)17-9-4-10-24(17,20)21/h5-8H,4,9-11H2,1-3H3. The van der Waals surface area contributed by atoms with E-state index in [9.17, 15) is 18.0 Å². The highest BCUT2D eigenvalue weighted by Crippen LogP contribution is 2.24. The second-order valence-electron chi connectivity index (χ2n) is 6.45. The van der Waals surface area contributed by atoms with Crippen LogP contribution in [-0.2, 0) is 24.3 Å². The van der Waals surface area contributed by atoms with E-state index in [2.05, 4.69) is 0 Å². The van der Waals surface area contributed by atoms with Gasteiger partial charge in [-0.05, 0) is 51.5 Å². The molecule has 1 aromatic carbocycles. The van der Waals surface area contributed by atoms with Crippen LogP contribution in [0, 0.1) is 0 Å². The zero-order valence-electron chi connectivity index (χ0n) is 13.9. The monoisotopic (exact) mass is 355 g/mol. The summed E-state index contributed by atoms with van der Waals surface area (Å²) in [5, 5.41) is 0. The zero-order valence-corrected chi connectivity index (χ0v) is 14.8. The Morgan fingerprint density at radius 2 is 1.79 bits per heavy atom. The average molecular weight is 355 g/mol. The van der Waals surface area contributed by atoms with E-state index in [4.69, 9.17) is 9.47 Å². The van der Waals surface area contributed by atoms with E-state index in [0.29, 0.717) is 18.7 Å². The van der Waals surface area contributed by atoms with Gasteiger partial charge < -0.3 is 9.47 Å². The van der Waals surface area contributed by atoms with Crippen LogP contribution in [0.2, 0.25) is 0 Å². The summed E-state index contributed by atoms with van der Waals surface area (Å²) in [5.74, 6) is -1.17. The number of benzene rings is 1. The first-order valence-corrected chi connectivity index (χ1v) is 9.19. The van der Waals surface area contributed by atoms with Gasteiger partial charge in [0.25, 0.3) is 0 Å². The Bertz CT molecular complexity index is 718. The number of sulfonamides is 1. The molecule has 1 heterocycles. The number of hydrogen-bond acceptors (Lipinski definition) is 6. The van der Waals surface area contributed by atoms with Gasteiger partial charge in [-0.2, -0.15) is 0 Å². The average Bonchev–Trinajstić information content (AvgIpc) is 2.82. The van der Waals surface area contributed by atoms with Crippen LogP contribution in [0.25, 0.3) is 0 Å². The van der Waals surface area contributed by atoms with Crippen LogP contribution in [0.5, 0.6) is 0 Å². The first-order chi connectivity index (χ1) is 11.1. The number of hydrogen-bond donors (Lipinski definition) is 0. The van der Waals surface area contributed by atoms with Crippen molar-refractivity contribution in [3.63, 3.8) is 0 Å². The third kappa shape index (κ3) is 4.70. The van der Waals surface area contributed by atoms with Crippen LogP contribution in [0.15, 0.2) is 24.3 Å². The molecule has 132 valence electrons. The van der Waals surface area contributed by atoms with E-state index in [0.717, 1.165) is 0 Å². The van der Waals surface area contributed by atoms with Crippen LogP contribution in [0.4, 0.5) is 5.69 Å². The van der Waals surface area contributed by atoms with E-state index < -0.39 is 34.2 Å². The third-order valence-corrected chi connectivity index (χ3v) is 5.10. The maximum atomic E-state index is 11.9. The summed E-state index contributed by atoms with van der Waals surface area (Å²) in [5.41, 5.74) is 0.0990.